The number of esters is 1. The number of carbonyl (C=O) groups excluding carboxylic acids is 2. The fourth-order valence-electron chi connectivity index (χ4n) is 7.04. The normalized spacial score (nSPS) is 20.4. The minimum atomic E-state index is -1.10. The maximum absolute atomic E-state index is 13.4. The van der Waals surface area contributed by atoms with Crippen molar-refractivity contribution < 1.29 is 19.4 Å². The predicted molar refractivity (Wildman–Crippen MR) is 188 cm³/mol. The van der Waals surface area contributed by atoms with Crippen molar-refractivity contribution in [1.82, 2.24) is 4.98 Å². The van der Waals surface area contributed by atoms with Gasteiger partial charge in [0, 0.05) is 44.8 Å². The first-order chi connectivity index (χ1) is 22.2. The lowest BCUT2D eigenvalue weighted by molar-refractivity contribution is -0.143. The lowest BCUT2D eigenvalue weighted by atomic mass is 9.86. The summed E-state index contributed by atoms with van der Waals surface area (Å²) in [5, 5.41) is 13.6. The molecule has 0 unspecified atom stereocenters. The Bertz CT molecular complexity index is 2120. The number of aromatic nitrogens is 1. The Morgan fingerprint density at radius 1 is 0.979 bits per heavy atom. The van der Waals surface area contributed by atoms with Gasteiger partial charge in [0.25, 0.3) is 0 Å². The predicted octanol–water partition coefficient (Wildman–Crippen LogP) is 6.07. The number of hydrogen-bond acceptors (Lipinski definition) is 7. The minimum absolute atomic E-state index is 0.101. The molecule has 1 aliphatic carbocycles. The molecule has 242 valence electrons. The Morgan fingerprint density at radius 3 is 2.32 bits per heavy atom. The van der Waals surface area contributed by atoms with Crippen LogP contribution in [0.5, 0.6) is 0 Å². The lowest BCUT2D eigenvalue weighted by Crippen LogP contribution is -2.21. The average Bonchev–Trinajstić information content (AvgIpc) is 3.80. The molecule has 8 nitrogen and oxygen atoms in total. The Hall–Kier alpha value is -4.85. The summed E-state index contributed by atoms with van der Waals surface area (Å²) in [7, 11) is 1.31. The number of aliphatic imine (C=N–C) groups is 3. The van der Waals surface area contributed by atoms with Gasteiger partial charge in [0.2, 0.25) is 0 Å². The zero-order chi connectivity index (χ0) is 34.1. The number of carbonyl (C=O) groups is 2. The van der Waals surface area contributed by atoms with Gasteiger partial charge in [-0.25, -0.2) is 15.0 Å². The van der Waals surface area contributed by atoms with Gasteiger partial charge in [-0.1, -0.05) is 40.3 Å². The largest absolute Gasteiger partial charge is 0.510 e. The van der Waals surface area contributed by atoms with Crippen molar-refractivity contribution in [3.05, 3.63) is 102 Å². The number of nitrogens with zero attached hydrogens (tertiary/aromatic N) is 3. The number of methoxy groups -OCH3 is 1. The Balaban J connectivity index is 1.71. The van der Waals surface area contributed by atoms with E-state index in [1.165, 1.54) is 7.11 Å². The molecular weight excluding hydrogens is 588 g/mol. The highest BCUT2D eigenvalue weighted by molar-refractivity contribution is 6.27. The Kier molecular flexibility index (Phi) is 7.81. The van der Waals surface area contributed by atoms with Gasteiger partial charge in [0.15, 0.2) is 0 Å². The quantitative estimate of drug-likeness (QED) is 0.372. The van der Waals surface area contributed by atoms with Gasteiger partial charge in [-0.05, 0) is 86.6 Å². The number of ketones is 1. The molecule has 0 amide bonds. The third-order valence-corrected chi connectivity index (χ3v) is 9.88. The number of allylic oxidation sites excluding steroid dienone is 9. The van der Waals surface area contributed by atoms with Crippen LogP contribution in [0.25, 0.3) is 12.2 Å². The van der Waals surface area contributed by atoms with Gasteiger partial charge >= 0.3 is 5.97 Å². The van der Waals surface area contributed by atoms with Crippen molar-refractivity contribution in [2.75, 3.05) is 7.11 Å². The number of hydrogen-bond donors (Lipinski definition) is 2. The van der Waals surface area contributed by atoms with Crippen molar-refractivity contribution >= 4 is 41.0 Å². The molecule has 6 rings (SSSR count). The van der Waals surface area contributed by atoms with Crippen LogP contribution in [0.3, 0.4) is 0 Å². The monoisotopic (exact) mass is 630 g/mol. The van der Waals surface area contributed by atoms with Gasteiger partial charge < -0.3 is 14.8 Å². The summed E-state index contributed by atoms with van der Waals surface area (Å²) in [6.45, 7) is 20.0. The zero-order valence-corrected chi connectivity index (χ0v) is 28.7. The standard InChI is InChI=1S/C39H42N4O4/c1-11-23-18(3)26-16-29-24(12-2)19(4)34(43-29)21(6)25-15-22(13-14-30(44)39(7,8)9)35(41-25)32-33(38(46)47-10)37(45)31-20(5)27(42-36(31)32)17-28(23)40-26/h12,15-17,33,40,45H,2,11,13-14H2,1,3-10H3/t33-/m1/s1. The smallest absolute Gasteiger partial charge is 0.321 e. The van der Waals surface area contributed by atoms with E-state index in [-0.39, 0.29) is 11.5 Å². The second kappa shape index (κ2) is 11.4. The second-order valence-corrected chi connectivity index (χ2v) is 13.7. The molecule has 2 N–H and O–H groups in total. The van der Waals surface area contributed by atoms with E-state index < -0.39 is 17.3 Å². The molecule has 1 aromatic heterocycles. The number of aliphatic hydroxyl groups excluding tert-OH is 1. The summed E-state index contributed by atoms with van der Waals surface area (Å²) < 4.78 is 5.22. The number of rotatable bonds is 6. The number of H-pyrrole nitrogens is 1. The van der Waals surface area contributed by atoms with E-state index in [1.807, 2.05) is 59.8 Å². The fraction of sp³-hybridized carbons (Fsp3) is 0.359. The van der Waals surface area contributed by atoms with Crippen LogP contribution in [0.15, 0.2) is 95.6 Å². The number of aromatic amines is 1. The number of Topliss-reactive ketones (excluding diaryl/α,β-unsaturated/α-hetero) is 1. The number of fused-ring (bicyclic) bond motifs is 5. The number of aliphatic hydroxyl groups is 1. The van der Waals surface area contributed by atoms with E-state index in [0.29, 0.717) is 46.8 Å². The zero-order valence-electron chi connectivity index (χ0n) is 28.7. The van der Waals surface area contributed by atoms with Crippen molar-refractivity contribution in [2.45, 2.75) is 74.7 Å². The summed E-state index contributed by atoms with van der Waals surface area (Å²) in [5.74, 6) is -1.67. The van der Waals surface area contributed by atoms with Crippen LogP contribution in [-0.2, 0) is 20.7 Å². The van der Waals surface area contributed by atoms with Crippen LogP contribution in [0, 0.1) is 18.3 Å². The topological polar surface area (TPSA) is 116 Å². The van der Waals surface area contributed by atoms with E-state index in [2.05, 4.69) is 31.5 Å². The van der Waals surface area contributed by atoms with Crippen LogP contribution in [0.4, 0.5) is 0 Å². The van der Waals surface area contributed by atoms with Gasteiger partial charge in [-0.15, -0.1) is 0 Å². The van der Waals surface area contributed by atoms with E-state index in [1.54, 1.807) is 0 Å². The van der Waals surface area contributed by atoms with Crippen LogP contribution in [-0.4, -0.2) is 46.1 Å². The first-order valence-corrected chi connectivity index (χ1v) is 16.1. The van der Waals surface area contributed by atoms with Crippen molar-refractivity contribution in [2.24, 2.45) is 26.3 Å². The molecule has 0 aromatic carbocycles. The first-order valence-electron chi connectivity index (χ1n) is 16.1. The molecule has 0 radical (unpaired) electrons. The summed E-state index contributed by atoms with van der Waals surface area (Å²) in [6.07, 6.45) is 9.42. The van der Waals surface area contributed by atoms with Gasteiger partial charge in [0.1, 0.15) is 17.5 Å². The molecule has 0 saturated carbocycles. The Labute approximate surface area is 275 Å². The van der Waals surface area contributed by atoms with E-state index in [4.69, 9.17) is 19.7 Å². The van der Waals surface area contributed by atoms with Crippen molar-refractivity contribution in [1.29, 1.82) is 0 Å². The van der Waals surface area contributed by atoms with Crippen molar-refractivity contribution in [3.8, 4) is 0 Å². The van der Waals surface area contributed by atoms with E-state index in [0.717, 1.165) is 67.5 Å². The minimum Gasteiger partial charge on any atom is -0.510 e. The summed E-state index contributed by atoms with van der Waals surface area (Å²) in [6, 6.07) is 0. The SMILES string of the molecule is C=CC1=C(C)C2=C(C)C3=NC(=C4C5=NC(=C(C)C5=C(O)[C@@H]4C(=O)OC)C=c4[nH]c(c(C)c4CC)=CC1=N2)C(CCC(=O)C(C)(C)C)=C3. The molecule has 8 heteroatoms. The highest BCUT2D eigenvalue weighted by Crippen LogP contribution is 2.47. The average molecular weight is 631 g/mol. The van der Waals surface area contributed by atoms with Gasteiger partial charge in [-0.3, -0.25) is 9.59 Å². The molecule has 5 aliphatic rings. The van der Waals surface area contributed by atoms with Crippen LogP contribution >= 0.6 is 0 Å². The Morgan fingerprint density at radius 2 is 1.68 bits per heavy atom. The maximum Gasteiger partial charge on any atom is 0.321 e. The third kappa shape index (κ3) is 5.01. The molecule has 0 saturated heterocycles. The van der Waals surface area contributed by atoms with Crippen LogP contribution in [0.2, 0.25) is 0 Å². The van der Waals surface area contributed by atoms with Crippen LogP contribution in [0.1, 0.15) is 72.4 Å². The van der Waals surface area contributed by atoms with Crippen molar-refractivity contribution in [3.63, 3.8) is 0 Å². The summed E-state index contributed by atoms with van der Waals surface area (Å²) in [5.41, 5.74) is 11.2. The lowest BCUT2D eigenvalue weighted by Gasteiger charge is -2.18. The highest BCUT2D eigenvalue weighted by atomic mass is 16.5. The number of nitrogens with one attached hydrogen (secondary N) is 1. The van der Waals surface area contributed by atoms with Crippen LogP contribution < -0.4 is 10.7 Å². The molecule has 0 fully saturated rings. The summed E-state index contributed by atoms with van der Waals surface area (Å²) >= 11 is 0. The summed E-state index contributed by atoms with van der Waals surface area (Å²) in [4.78, 5) is 45.4. The molecule has 1 atom stereocenters. The van der Waals surface area contributed by atoms with Gasteiger partial charge in [-0.2, -0.15) is 0 Å². The van der Waals surface area contributed by atoms with Gasteiger partial charge in [0.05, 0.1) is 41.3 Å². The highest BCUT2D eigenvalue weighted by Gasteiger charge is 2.47. The molecular formula is C39H42N4O4. The third-order valence-electron chi connectivity index (χ3n) is 9.88. The maximum atomic E-state index is 13.4. The molecule has 8 bridgehead atoms. The van der Waals surface area contributed by atoms with E-state index >= 15 is 0 Å². The van der Waals surface area contributed by atoms with E-state index in [9.17, 15) is 14.7 Å². The molecule has 5 heterocycles. The fourth-order valence-corrected chi connectivity index (χ4v) is 7.04. The molecule has 47 heavy (non-hydrogen) atoms. The second-order valence-electron chi connectivity index (χ2n) is 13.7. The molecule has 0 spiro atoms. The molecule has 4 aliphatic heterocycles. The molecule has 1 aromatic rings. The first kappa shape index (κ1) is 32.1. The number of ether oxygens (including phenoxy) is 1.